The minimum atomic E-state index is -2.89. The summed E-state index contributed by atoms with van der Waals surface area (Å²) in [7, 11) is 1.51. The lowest BCUT2D eigenvalue weighted by Gasteiger charge is -2.19. The molecule has 2 aromatic carbocycles. The van der Waals surface area contributed by atoms with Gasteiger partial charge in [-0.3, -0.25) is 0 Å². The van der Waals surface area contributed by atoms with Gasteiger partial charge in [-0.2, -0.15) is 8.78 Å². The van der Waals surface area contributed by atoms with Gasteiger partial charge in [0, 0.05) is 18.5 Å². The van der Waals surface area contributed by atoms with Crippen LogP contribution in [0, 0.1) is 0 Å². The molecule has 1 aliphatic carbocycles. The van der Waals surface area contributed by atoms with Gasteiger partial charge in [0.25, 0.3) is 0 Å². The molecule has 3 rings (SSSR count). The highest BCUT2D eigenvalue weighted by Gasteiger charge is 2.30. The SMILES string of the molecule is COc1ccc(OC(F)F)c(CN[C@@H]2c3ccccc3C[C@@H]2O)c1. The number of aliphatic hydroxyl groups is 1. The van der Waals surface area contributed by atoms with Crippen LogP contribution in [0.5, 0.6) is 11.5 Å². The molecule has 0 aromatic heterocycles. The second-order valence-corrected chi connectivity index (χ2v) is 5.68. The van der Waals surface area contributed by atoms with Gasteiger partial charge >= 0.3 is 6.61 Å². The Morgan fingerprint density at radius 2 is 2.04 bits per heavy atom. The average molecular weight is 335 g/mol. The van der Waals surface area contributed by atoms with Gasteiger partial charge in [-0.25, -0.2) is 0 Å². The molecule has 128 valence electrons. The Morgan fingerprint density at radius 3 is 2.79 bits per heavy atom. The van der Waals surface area contributed by atoms with Crippen molar-refractivity contribution in [1.29, 1.82) is 0 Å². The Bertz CT molecular complexity index is 708. The molecule has 0 bridgehead atoms. The first-order chi connectivity index (χ1) is 11.6. The topological polar surface area (TPSA) is 50.7 Å². The van der Waals surface area contributed by atoms with Crippen LogP contribution < -0.4 is 14.8 Å². The van der Waals surface area contributed by atoms with Crippen molar-refractivity contribution in [2.24, 2.45) is 0 Å². The van der Waals surface area contributed by atoms with Crippen LogP contribution >= 0.6 is 0 Å². The van der Waals surface area contributed by atoms with Crippen molar-refractivity contribution in [2.75, 3.05) is 7.11 Å². The first kappa shape index (κ1) is 16.7. The van der Waals surface area contributed by atoms with Gasteiger partial charge in [0.05, 0.1) is 19.3 Å². The largest absolute Gasteiger partial charge is 0.497 e. The number of methoxy groups -OCH3 is 1. The molecule has 24 heavy (non-hydrogen) atoms. The van der Waals surface area contributed by atoms with Gasteiger partial charge in [-0.05, 0) is 29.3 Å². The van der Waals surface area contributed by atoms with Crippen LogP contribution in [0.3, 0.4) is 0 Å². The monoisotopic (exact) mass is 335 g/mol. The van der Waals surface area contributed by atoms with Crippen LogP contribution in [0.1, 0.15) is 22.7 Å². The molecule has 4 nitrogen and oxygen atoms in total. The van der Waals surface area contributed by atoms with Crippen molar-refractivity contribution in [3.63, 3.8) is 0 Å². The van der Waals surface area contributed by atoms with Gasteiger partial charge in [0.15, 0.2) is 0 Å². The lowest BCUT2D eigenvalue weighted by molar-refractivity contribution is -0.0505. The van der Waals surface area contributed by atoms with Crippen LogP contribution in [-0.2, 0) is 13.0 Å². The minimum absolute atomic E-state index is 0.0964. The summed E-state index contributed by atoms with van der Waals surface area (Å²) < 4.78 is 34.8. The molecule has 0 saturated carbocycles. The number of nitrogens with one attached hydrogen (secondary N) is 1. The molecule has 2 aromatic rings. The summed E-state index contributed by atoms with van der Waals surface area (Å²) >= 11 is 0. The quantitative estimate of drug-likeness (QED) is 0.852. The van der Waals surface area contributed by atoms with E-state index in [9.17, 15) is 13.9 Å². The first-order valence-corrected chi connectivity index (χ1v) is 7.69. The molecule has 0 aliphatic heterocycles. The number of benzene rings is 2. The zero-order chi connectivity index (χ0) is 17.1. The molecule has 0 spiro atoms. The molecule has 6 heteroatoms. The van der Waals surface area contributed by atoms with Gasteiger partial charge < -0.3 is 19.9 Å². The molecule has 0 amide bonds. The van der Waals surface area contributed by atoms with Crippen LogP contribution in [0.2, 0.25) is 0 Å². The van der Waals surface area contributed by atoms with Gasteiger partial charge in [-0.15, -0.1) is 0 Å². The second-order valence-electron chi connectivity index (χ2n) is 5.68. The van der Waals surface area contributed by atoms with Crippen molar-refractivity contribution in [3.05, 3.63) is 59.2 Å². The van der Waals surface area contributed by atoms with E-state index in [1.807, 2.05) is 24.3 Å². The number of hydrogen-bond acceptors (Lipinski definition) is 4. The highest BCUT2D eigenvalue weighted by atomic mass is 19.3. The number of rotatable bonds is 6. The maximum absolute atomic E-state index is 12.6. The van der Waals surface area contributed by atoms with E-state index in [1.165, 1.54) is 13.2 Å². The summed E-state index contributed by atoms with van der Waals surface area (Å²) in [6, 6.07) is 12.2. The number of alkyl halides is 2. The normalized spacial score (nSPS) is 19.4. The Kier molecular flexibility index (Phi) is 4.97. The van der Waals surface area contributed by atoms with Gasteiger partial charge in [0.1, 0.15) is 11.5 Å². The van der Waals surface area contributed by atoms with E-state index in [0.29, 0.717) is 17.7 Å². The summed E-state index contributed by atoms with van der Waals surface area (Å²) in [6.45, 7) is -2.62. The Hall–Kier alpha value is -2.18. The van der Waals surface area contributed by atoms with E-state index in [0.717, 1.165) is 11.1 Å². The van der Waals surface area contributed by atoms with Crippen molar-refractivity contribution < 1.29 is 23.4 Å². The summed E-state index contributed by atoms with van der Waals surface area (Å²) in [5.41, 5.74) is 2.67. The Morgan fingerprint density at radius 1 is 1.25 bits per heavy atom. The summed E-state index contributed by atoms with van der Waals surface area (Å²) in [5.74, 6) is 0.653. The van der Waals surface area contributed by atoms with Gasteiger partial charge in [0.2, 0.25) is 0 Å². The minimum Gasteiger partial charge on any atom is -0.497 e. The number of hydrogen-bond donors (Lipinski definition) is 2. The lowest BCUT2D eigenvalue weighted by atomic mass is 10.1. The summed E-state index contributed by atoms with van der Waals surface area (Å²) in [6.07, 6.45) is 0.0271. The Labute approximate surface area is 139 Å². The molecule has 2 atom stereocenters. The number of fused-ring (bicyclic) bond motifs is 1. The molecular weight excluding hydrogens is 316 g/mol. The van der Waals surface area contributed by atoms with Crippen molar-refractivity contribution in [1.82, 2.24) is 5.32 Å². The fraction of sp³-hybridized carbons (Fsp3) is 0.333. The fourth-order valence-electron chi connectivity index (χ4n) is 3.07. The smallest absolute Gasteiger partial charge is 0.387 e. The maximum atomic E-state index is 12.6. The average Bonchev–Trinajstić information content (AvgIpc) is 2.88. The van der Waals surface area contributed by atoms with Crippen molar-refractivity contribution >= 4 is 0 Å². The highest BCUT2D eigenvalue weighted by Crippen LogP contribution is 2.32. The predicted molar refractivity (Wildman–Crippen MR) is 85.4 cm³/mol. The van der Waals surface area contributed by atoms with E-state index < -0.39 is 12.7 Å². The third kappa shape index (κ3) is 3.49. The van der Waals surface area contributed by atoms with Crippen LogP contribution in [0.4, 0.5) is 8.78 Å². The van der Waals surface area contributed by atoms with E-state index in [2.05, 4.69) is 10.1 Å². The third-order valence-electron chi connectivity index (χ3n) is 4.20. The molecule has 1 aliphatic rings. The molecule has 0 heterocycles. The predicted octanol–water partition coefficient (Wildman–Crippen LogP) is 3.04. The first-order valence-electron chi connectivity index (χ1n) is 7.69. The van der Waals surface area contributed by atoms with E-state index in [-0.39, 0.29) is 18.3 Å². The zero-order valence-corrected chi connectivity index (χ0v) is 13.2. The molecule has 2 N–H and O–H groups in total. The summed E-state index contributed by atoms with van der Waals surface area (Å²) in [5, 5.41) is 13.5. The van der Waals surface area contributed by atoms with Crippen molar-refractivity contribution in [3.8, 4) is 11.5 Å². The second kappa shape index (κ2) is 7.15. The third-order valence-corrected chi connectivity index (χ3v) is 4.20. The summed E-state index contributed by atoms with van der Waals surface area (Å²) in [4.78, 5) is 0. The van der Waals surface area contributed by atoms with E-state index >= 15 is 0 Å². The van der Waals surface area contributed by atoms with Crippen LogP contribution in [0.15, 0.2) is 42.5 Å². The molecule has 0 saturated heterocycles. The number of halogens is 2. The molecule has 0 radical (unpaired) electrons. The highest BCUT2D eigenvalue weighted by molar-refractivity contribution is 5.41. The molecular formula is C18H19F2NO3. The van der Waals surface area contributed by atoms with E-state index in [4.69, 9.17) is 4.74 Å². The van der Waals surface area contributed by atoms with Gasteiger partial charge in [-0.1, -0.05) is 24.3 Å². The Balaban J connectivity index is 1.78. The maximum Gasteiger partial charge on any atom is 0.387 e. The van der Waals surface area contributed by atoms with E-state index in [1.54, 1.807) is 12.1 Å². The number of aliphatic hydroxyl groups excluding tert-OH is 1. The number of ether oxygens (including phenoxy) is 2. The molecule has 0 unspecified atom stereocenters. The fourth-order valence-corrected chi connectivity index (χ4v) is 3.07. The van der Waals surface area contributed by atoms with Crippen LogP contribution in [-0.4, -0.2) is 24.9 Å². The molecule has 0 fully saturated rings. The standard InChI is InChI=1S/C18H19F2NO3/c1-23-13-6-7-16(24-18(19)20)12(8-13)10-21-17-14-5-3-2-4-11(14)9-15(17)22/h2-8,15,17-18,21-22H,9-10H2,1H3/t15-,17+/m0/s1. The zero-order valence-electron chi connectivity index (χ0n) is 13.2. The van der Waals surface area contributed by atoms with Crippen LogP contribution in [0.25, 0.3) is 0 Å². The van der Waals surface area contributed by atoms with Crippen molar-refractivity contribution in [2.45, 2.75) is 31.7 Å². The lowest BCUT2D eigenvalue weighted by Crippen LogP contribution is -2.28.